The summed E-state index contributed by atoms with van der Waals surface area (Å²) in [4.78, 5) is 28.4. The summed E-state index contributed by atoms with van der Waals surface area (Å²) >= 11 is 0. The first-order valence-electron chi connectivity index (χ1n) is 8.99. The van der Waals surface area contributed by atoms with E-state index in [1.54, 1.807) is 30.7 Å². The van der Waals surface area contributed by atoms with Crippen molar-refractivity contribution in [1.29, 1.82) is 0 Å². The number of hydrogen-bond acceptors (Lipinski definition) is 6. The van der Waals surface area contributed by atoms with Gasteiger partial charge in [0.1, 0.15) is 6.54 Å². The second-order valence-corrected chi connectivity index (χ2v) is 6.24. The number of aromatic nitrogens is 2. The topological polar surface area (TPSA) is 83.6 Å². The SMILES string of the molecule is CCOC(=O)c1cc(C)n(CC(=O)OCc2ncc(-c3ccccc3)o2)c1C. The van der Waals surface area contributed by atoms with Crippen LogP contribution in [0.5, 0.6) is 0 Å². The largest absolute Gasteiger partial charge is 0.462 e. The van der Waals surface area contributed by atoms with Gasteiger partial charge in [0.2, 0.25) is 5.89 Å². The molecule has 0 aliphatic rings. The van der Waals surface area contributed by atoms with Crippen molar-refractivity contribution in [3.63, 3.8) is 0 Å². The number of benzene rings is 1. The number of carbonyl (C=O) groups is 2. The lowest BCUT2D eigenvalue weighted by Crippen LogP contribution is -2.16. The predicted octanol–water partition coefficient (Wildman–Crippen LogP) is 3.68. The molecule has 0 fully saturated rings. The number of ether oxygens (including phenoxy) is 2. The molecule has 2 heterocycles. The summed E-state index contributed by atoms with van der Waals surface area (Å²) in [6, 6.07) is 11.3. The van der Waals surface area contributed by atoms with Gasteiger partial charge in [0.05, 0.1) is 18.4 Å². The number of hydrogen-bond donors (Lipinski definition) is 0. The third kappa shape index (κ3) is 4.31. The van der Waals surface area contributed by atoms with Crippen LogP contribution in [0.4, 0.5) is 0 Å². The second-order valence-electron chi connectivity index (χ2n) is 6.24. The minimum absolute atomic E-state index is 0.0106. The summed E-state index contributed by atoms with van der Waals surface area (Å²) in [7, 11) is 0. The van der Waals surface area contributed by atoms with Crippen LogP contribution in [0, 0.1) is 13.8 Å². The molecule has 3 aromatic rings. The third-order valence-corrected chi connectivity index (χ3v) is 4.32. The molecule has 7 heteroatoms. The summed E-state index contributed by atoms with van der Waals surface area (Å²) in [6.07, 6.45) is 1.60. The highest BCUT2D eigenvalue weighted by Crippen LogP contribution is 2.20. The average Bonchev–Trinajstić information content (AvgIpc) is 3.27. The maximum Gasteiger partial charge on any atom is 0.339 e. The van der Waals surface area contributed by atoms with Crippen molar-refractivity contribution in [2.24, 2.45) is 0 Å². The zero-order valence-electron chi connectivity index (χ0n) is 16.1. The van der Waals surface area contributed by atoms with E-state index in [4.69, 9.17) is 13.9 Å². The Morgan fingerprint density at radius 3 is 2.61 bits per heavy atom. The number of nitrogens with zero attached hydrogens (tertiary/aromatic N) is 2. The lowest BCUT2D eigenvalue weighted by Gasteiger charge is -2.09. The van der Waals surface area contributed by atoms with Crippen molar-refractivity contribution in [3.05, 3.63) is 65.4 Å². The zero-order valence-corrected chi connectivity index (χ0v) is 16.1. The van der Waals surface area contributed by atoms with E-state index in [9.17, 15) is 9.59 Å². The van der Waals surface area contributed by atoms with Gasteiger partial charge in [0.25, 0.3) is 0 Å². The normalized spacial score (nSPS) is 10.7. The van der Waals surface area contributed by atoms with Crippen LogP contribution in [0.3, 0.4) is 0 Å². The molecule has 0 aliphatic carbocycles. The Balaban J connectivity index is 1.61. The number of aryl methyl sites for hydroxylation is 1. The molecule has 0 aliphatic heterocycles. The van der Waals surface area contributed by atoms with Crippen molar-refractivity contribution in [3.8, 4) is 11.3 Å². The van der Waals surface area contributed by atoms with E-state index >= 15 is 0 Å². The first-order chi connectivity index (χ1) is 13.5. The summed E-state index contributed by atoms with van der Waals surface area (Å²) < 4.78 is 17.7. The van der Waals surface area contributed by atoms with E-state index in [2.05, 4.69) is 4.98 Å². The average molecular weight is 382 g/mol. The van der Waals surface area contributed by atoms with Crippen molar-refractivity contribution >= 4 is 11.9 Å². The molecule has 0 saturated carbocycles. The van der Waals surface area contributed by atoms with Crippen molar-refractivity contribution in [1.82, 2.24) is 9.55 Å². The minimum Gasteiger partial charge on any atom is -0.462 e. The fourth-order valence-corrected chi connectivity index (χ4v) is 2.89. The van der Waals surface area contributed by atoms with Gasteiger partial charge in [-0.2, -0.15) is 0 Å². The minimum atomic E-state index is -0.448. The van der Waals surface area contributed by atoms with Gasteiger partial charge in [-0.15, -0.1) is 0 Å². The third-order valence-electron chi connectivity index (χ3n) is 4.32. The van der Waals surface area contributed by atoms with Crippen LogP contribution < -0.4 is 0 Å². The molecule has 0 amide bonds. The van der Waals surface area contributed by atoms with Crippen molar-refractivity contribution in [2.75, 3.05) is 6.61 Å². The van der Waals surface area contributed by atoms with Crippen LogP contribution >= 0.6 is 0 Å². The molecule has 0 unspecified atom stereocenters. The predicted molar refractivity (Wildman–Crippen MR) is 102 cm³/mol. The Hall–Kier alpha value is -3.35. The van der Waals surface area contributed by atoms with Gasteiger partial charge in [-0.1, -0.05) is 30.3 Å². The van der Waals surface area contributed by atoms with Crippen LogP contribution in [0.15, 0.2) is 47.0 Å². The first-order valence-corrected chi connectivity index (χ1v) is 8.99. The molecule has 0 bridgehead atoms. The van der Waals surface area contributed by atoms with Crippen LogP contribution in [-0.2, 0) is 27.4 Å². The summed E-state index contributed by atoms with van der Waals surface area (Å²) in [5, 5.41) is 0. The monoisotopic (exact) mass is 382 g/mol. The fourth-order valence-electron chi connectivity index (χ4n) is 2.89. The number of esters is 2. The van der Waals surface area contributed by atoms with Crippen LogP contribution in [0.25, 0.3) is 11.3 Å². The Morgan fingerprint density at radius 1 is 1.14 bits per heavy atom. The molecule has 3 rings (SSSR count). The van der Waals surface area contributed by atoms with E-state index in [1.807, 2.05) is 37.3 Å². The number of oxazole rings is 1. The Kier molecular flexibility index (Phi) is 5.93. The van der Waals surface area contributed by atoms with Crippen LogP contribution in [-0.4, -0.2) is 28.1 Å². The van der Waals surface area contributed by atoms with E-state index in [1.165, 1.54) is 0 Å². The Morgan fingerprint density at radius 2 is 1.89 bits per heavy atom. The first kappa shape index (κ1) is 19.4. The molecule has 1 aromatic carbocycles. The lowest BCUT2D eigenvalue weighted by molar-refractivity contribution is -0.146. The molecule has 146 valence electrons. The Labute approximate surface area is 162 Å². The summed E-state index contributed by atoms with van der Waals surface area (Å²) in [6.45, 7) is 5.57. The molecular weight excluding hydrogens is 360 g/mol. The maximum atomic E-state index is 12.2. The molecule has 0 atom stereocenters. The van der Waals surface area contributed by atoms with Crippen LogP contribution in [0.1, 0.15) is 34.6 Å². The Bertz CT molecular complexity index is 972. The smallest absolute Gasteiger partial charge is 0.339 e. The highest BCUT2D eigenvalue weighted by Gasteiger charge is 2.19. The molecule has 0 radical (unpaired) electrons. The second kappa shape index (κ2) is 8.56. The molecule has 0 spiro atoms. The van der Waals surface area contributed by atoms with Gasteiger partial charge in [-0.05, 0) is 26.8 Å². The molecule has 2 aromatic heterocycles. The van der Waals surface area contributed by atoms with E-state index in [0.29, 0.717) is 29.5 Å². The molecule has 28 heavy (non-hydrogen) atoms. The fraction of sp³-hybridized carbons (Fsp3) is 0.286. The van der Waals surface area contributed by atoms with Crippen LogP contribution in [0.2, 0.25) is 0 Å². The molecule has 0 N–H and O–H groups in total. The van der Waals surface area contributed by atoms with E-state index < -0.39 is 11.9 Å². The zero-order chi connectivity index (χ0) is 20.1. The maximum absolute atomic E-state index is 12.2. The standard InChI is InChI=1S/C21H22N2O5/c1-4-26-21(25)17-10-14(2)23(15(17)3)12-20(24)27-13-19-22-11-18(28-19)16-8-6-5-7-9-16/h5-11H,4,12-13H2,1-3H3. The van der Waals surface area contributed by atoms with Gasteiger partial charge < -0.3 is 18.5 Å². The molecule has 7 nitrogen and oxygen atoms in total. The number of rotatable bonds is 7. The van der Waals surface area contributed by atoms with Gasteiger partial charge in [0, 0.05) is 17.0 Å². The quantitative estimate of drug-likeness (QED) is 0.580. The van der Waals surface area contributed by atoms with Gasteiger partial charge in [-0.25, -0.2) is 9.78 Å². The van der Waals surface area contributed by atoms with E-state index in [-0.39, 0.29) is 13.2 Å². The summed E-state index contributed by atoms with van der Waals surface area (Å²) in [5.41, 5.74) is 2.79. The van der Waals surface area contributed by atoms with Crippen molar-refractivity contribution < 1.29 is 23.5 Å². The van der Waals surface area contributed by atoms with Gasteiger partial charge >= 0.3 is 11.9 Å². The van der Waals surface area contributed by atoms with Gasteiger partial charge in [-0.3, -0.25) is 4.79 Å². The highest BCUT2D eigenvalue weighted by molar-refractivity contribution is 5.91. The lowest BCUT2D eigenvalue weighted by atomic mass is 10.2. The summed E-state index contributed by atoms with van der Waals surface area (Å²) in [5.74, 6) is 0.0864. The van der Waals surface area contributed by atoms with Gasteiger partial charge in [0.15, 0.2) is 12.4 Å². The number of carbonyl (C=O) groups excluding carboxylic acids is 2. The highest BCUT2D eigenvalue weighted by atomic mass is 16.5. The molecular formula is C21H22N2O5. The van der Waals surface area contributed by atoms with E-state index in [0.717, 1.165) is 11.3 Å². The molecule has 0 saturated heterocycles. The van der Waals surface area contributed by atoms with Crippen molar-refractivity contribution in [2.45, 2.75) is 33.9 Å².